The van der Waals surface area contributed by atoms with Crippen LogP contribution in [0.15, 0.2) is 48.5 Å². The minimum atomic E-state index is -3.46. The molecule has 0 saturated carbocycles. The summed E-state index contributed by atoms with van der Waals surface area (Å²) in [5, 5.41) is 10.6. The average molecular weight is 657 g/mol. The van der Waals surface area contributed by atoms with Crippen molar-refractivity contribution in [1.82, 2.24) is 19.8 Å². The second-order valence-corrected chi connectivity index (χ2v) is 13.4. The number of rotatable bonds is 11. The van der Waals surface area contributed by atoms with Gasteiger partial charge in [0.15, 0.2) is 0 Å². The minimum absolute atomic E-state index is 0.0266. The van der Waals surface area contributed by atoms with Crippen LogP contribution < -0.4 is 15.8 Å². The zero-order valence-corrected chi connectivity index (χ0v) is 26.3. The molecule has 2 aliphatic heterocycles. The van der Waals surface area contributed by atoms with Crippen molar-refractivity contribution in [1.29, 1.82) is 0 Å². The molecule has 4 rings (SSSR count). The van der Waals surface area contributed by atoms with E-state index in [-0.39, 0.29) is 49.9 Å². The van der Waals surface area contributed by atoms with E-state index < -0.39 is 22.1 Å². The lowest BCUT2D eigenvalue weighted by atomic mass is 10.0. The highest BCUT2D eigenvalue weighted by Crippen LogP contribution is 2.30. The predicted molar refractivity (Wildman–Crippen MR) is 166 cm³/mol. The zero-order valence-electron chi connectivity index (χ0n) is 24.0. The van der Waals surface area contributed by atoms with Crippen LogP contribution in [0, 0.1) is 0 Å². The Bertz CT molecular complexity index is 1350. The molecule has 0 bridgehead atoms. The Morgan fingerprint density at radius 1 is 1.16 bits per heavy atom. The summed E-state index contributed by atoms with van der Waals surface area (Å²) >= 11 is 12.1. The second kappa shape index (κ2) is 16.4. The standard InChI is InChI=1S/C28H37Cl2N5O4S.CH2O2/c1-40(38,39)33-13-11-25(27(36)32-17-20-8-10-23(29)24(30)15-20)34-14-12-22(9-7-19-5-3-2-4-6-19)35-18-21(31)16-26(35)28(34)37;2-1-3/h2-6,8,10,15,21-22,25-26,33H,7,9,11-14,16-18,31H2,1H3,(H,32,36);1H,(H,2,3)/t21-,22?,25-,26+;/m1./s1. The highest BCUT2D eigenvalue weighted by molar-refractivity contribution is 7.88. The van der Waals surface area contributed by atoms with E-state index in [1.54, 1.807) is 23.1 Å². The Morgan fingerprint density at radius 2 is 1.86 bits per heavy atom. The van der Waals surface area contributed by atoms with Crippen molar-refractivity contribution in [2.75, 3.05) is 25.9 Å². The second-order valence-electron chi connectivity index (χ2n) is 10.7. The lowest BCUT2D eigenvalue weighted by molar-refractivity contribution is -0.143. The highest BCUT2D eigenvalue weighted by Gasteiger charge is 2.45. The Labute approximate surface area is 262 Å². The fraction of sp³-hybridized carbons (Fsp3) is 0.483. The fourth-order valence-corrected chi connectivity index (χ4v) is 6.47. The molecule has 11 nitrogen and oxygen atoms in total. The normalized spacial score (nSPS) is 21.3. The predicted octanol–water partition coefficient (Wildman–Crippen LogP) is 2.25. The topological polar surface area (TPSA) is 162 Å². The third kappa shape index (κ3) is 10.4. The summed E-state index contributed by atoms with van der Waals surface area (Å²) < 4.78 is 25.9. The van der Waals surface area contributed by atoms with E-state index in [0.29, 0.717) is 36.0 Å². The minimum Gasteiger partial charge on any atom is -0.483 e. The van der Waals surface area contributed by atoms with E-state index in [2.05, 4.69) is 27.1 Å². The first-order valence-corrected chi connectivity index (χ1v) is 16.7. The number of amides is 2. The number of carbonyl (C=O) groups is 3. The first-order chi connectivity index (χ1) is 20.4. The molecule has 2 fully saturated rings. The highest BCUT2D eigenvalue weighted by atomic mass is 35.5. The van der Waals surface area contributed by atoms with Crippen LogP contribution in [0.2, 0.25) is 10.0 Å². The molecule has 0 spiro atoms. The van der Waals surface area contributed by atoms with Gasteiger partial charge in [0, 0.05) is 38.3 Å². The van der Waals surface area contributed by atoms with E-state index in [1.165, 1.54) is 5.56 Å². The molecule has 43 heavy (non-hydrogen) atoms. The van der Waals surface area contributed by atoms with Gasteiger partial charge in [0.1, 0.15) is 6.04 Å². The van der Waals surface area contributed by atoms with Crippen LogP contribution in [0.25, 0.3) is 0 Å². The summed E-state index contributed by atoms with van der Waals surface area (Å²) in [5.74, 6) is -0.490. The summed E-state index contributed by atoms with van der Waals surface area (Å²) in [4.78, 5) is 39.7. The van der Waals surface area contributed by atoms with Crippen LogP contribution in [0.3, 0.4) is 0 Å². The van der Waals surface area contributed by atoms with Crippen molar-refractivity contribution in [2.24, 2.45) is 5.73 Å². The van der Waals surface area contributed by atoms with Crippen LogP contribution in [-0.4, -0.2) is 91.7 Å². The van der Waals surface area contributed by atoms with Gasteiger partial charge in [-0.15, -0.1) is 0 Å². The molecule has 0 radical (unpaired) electrons. The van der Waals surface area contributed by atoms with Crippen molar-refractivity contribution >= 4 is 51.5 Å². The number of nitrogens with one attached hydrogen (secondary N) is 2. The van der Waals surface area contributed by atoms with Crippen molar-refractivity contribution in [3.8, 4) is 0 Å². The number of hydrogen-bond donors (Lipinski definition) is 4. The number of nitrogens with two attached hydrogens (primary N) is 1. The molecule has 1 unspecified atom stereocenters. The van der Waals surface area contributed by atoms with Gasteiger partial charge in [0.05, 0.1) is 22.3 Å². The monoisotopic (exact) mass is 655 g/mol. The Kier molecular flexibility index (Phi) is 13.2. The van der Waals surface area contributed by atoms with Gasteiger partial charge >= 0.3 is 0 Å². The molecule has 2 amide bonds. The summed E-state index contributed by atoms with van der Waals surface area (Å²) in [6.45, 7) is 0.991. The van der Waals surface area contributed by atoms with Gasteiger partial charge in [-0.3, -0.25) is 19.3 Å². The molecule has 2 saturated heterocycles. The average Bonchev–Trinajstić information content (AvgIpc) is 3.30. The van der Waals surface area contributed by atoms with Crippen LogP contribution in [0.4, 0.5) is 0 Å². The number of aryl methyl sites for hydroxylation is 1. The van der Waals surface area contributed by atoms with Crippen LogP contribution in [-0.2, 0) is 37.4 Å². The molecule has 5 N–H and O–H groups in total. The molecule has 2 aromatic rings. The molecule has 236 valence electrons. The smallest absolute Gasteiger partial charge is 0.290 e. The van der Waals surface area contributed by atoms with Crippen LogP contribution in [0.5, 0.6) is 0 Å². The van der Waals surface area contributed by atoms with Crippen LogP contribution in [0.1, 0.15) is 36.8 Å². The van der Waals surface area contributed by atoms with E-state index in [0.717, 1.165) is 24.7 Å². The maximum Gasteiger partial charge on any atom is 0.290 e. The molecule has 0 aromatic heterocycles. The lowest BCUT2D eigenvalue weighted by Gasteiger charge is -2.32. The fourth-order valence-electron chi connectivity index (χ4n) is 5.66. The zero-order chi connectivity index (χ0) is 31.6. The lowest BCUT2D eigenvalue weighted by Crippen LogP contribution is -2.54. The van der Waals surface area contributed by atoms with Gasteiger partial charge < -0.3 is 21.1 Å². The van der Waals surface area contributed by atoms with Crippen molar-refractivity contribution in [2.45, 2.75) is 62.8 Å². The quantitative estimate of drug-likeness (QED) is 0.268. The maximum atomic E-state index is 13.9. The van der Waals surface area contributed by atoms with Gasteiger partial charge in [-0.2, -0.15) is 0 Å². The van der Waals surface area contributed by atoms with Gasteiger partial charge in [-0.1, -0.05) is 59.6 Å². The van der Waals surface area contributed by atoms with Crippen molar-refractivity contribution in [3.63, 3.8) is 0 Å². The number of carbonyl (C=O) groups excluding carboxylic acids is 2. The third-order valence-corrected chi connectivity index (χ3v) is 9.10. The SMILES string of the molecule is CS(=O)(=O)NCC[C@H](C(=O)NCc1ccc(Cl)c(Cl)c1)N1CCC(CCc2ccccc2)N2C[C@H](N)C[C@H]2C1=O.O=CO. The van der Waals surface area contributed by atoms with E-state index >= 15 is 0 Å². The largest absolute Gasteiger partial charge is 0.483 e. The number of fused-ring (bicyclic) bond motifs is 1. The number of benzene rings is 2. The van der Waals surface area contributed by atoms with Gasteiger partial charge in [-0.25, -0.2) is 13.1 Å². The van der Waals surface area contributed by atoms with E-state index in [9.17, 15) is 18.0 Å². The summed E-state index contributed by atoms with van der Waals surface area (Å²) in [5.41, 5.74) is 8.33. The molecular weight excluding hydrogens is 617 g/mol. The van der Waals surface area contributed by atoms with E-state index in [1.807, 2.05) is 18.2 Å². The summed E-state index contributed by atoms with van der Waals surface area (Å²) in [7, 11) is -3.46. The first-order valence-electron chi connectivity index (χ1n) is 14.0. The summed E-state index contributed by atoms with van der Waals surface area (Å²) in [6.07, 6.45) is 4.18. The third-order valence-electron chi connectivity index (χ3n) is 7.63. The Hall–Kier alpha value is -2.74. The van der Waals surface area contributed by atoms with E-state index in [4.69, 9.17) is 38.8 Å². The molecular formula is C29H39Cl2N5O6S. The van der Waals surface area contributed by atoms with Crippen molar-refractivity contribution in [3.05, 3.63) is 69.7 Å². The van der Waals surface area contributed by atoms with Gasteiger partial charge in [0.25, 0.3) is 6.47 Å². The molecule has 2 aliphatic rings. The molecule has 14 heteroatoms. The van der Waals surface area contributed by atoms with Crippen molar-refractivity contribution < 1.29 is 27.9 Å². The molecule has 0 aliphatic carbocycles. The molecule has 2 heterocycles. The number of halogens is 2. The summed E-state index contributed by atoms with van der Waals surface area (Å²) in [6, 6.07) is 14.1. The number of hydrogen-bond acceptors (Lipinski definition) is 7. The van der Waals surface area contributed by atoms with Gasteiger partial charge in [0.2, 0.25) is 21.8 Å². The Morgan fingerprint density at radius 3 is 2.51 bits per heavy atom. The molecule has 4 atom stereocenters. The number of sulfonamides is 1. The van der Waals surface area contributed by atoms with Crippen LogP contribution >= 0.6 is 23.2 Å². The first kappa shape index (κ1) is 34.7. The number of nitrogens with zero attached hydrogens (tertiary/aromatic N) is 2. The molecule has 2 aromatic carbocycles. The number of carboxylic acid groups (broad SMARTS) is 1. The Balaban J connectivity index is 0.00000162. The maximum absolute atomic E-state index is 13.9. The van der Waals surface area contributed by atoms with Gasteiger partial charge in [-0.05, 0) is 55.4 Å².